The number of ether oxygens (including phenoxy) is 1. The Kier molecular flexibility index (Phi) is 4.26. The van der Waals surface area contributed by atoms with Crippen LogP contribution in [0.25, 0.3) is 0 Å². The number of hydrogen-bond donors (Lipinski definition) is 1. The molecule has 2 fully saturated rings. The molecule has 0 aromatic carbocycles. The third kappa shape index (κ3) is 2.14. The van der Waals surface area contributed by atoms with Gasteiger partial charge in [-0.25, -0.2) is 0 Å². The van der Waals surface area contributed by atoms with E-state index in [-0.39, 0.29) is 0 Å². The van der Waals surface area contributed by atoms with E-state index in [1.54, 1.807) is 0 Å². The van der Waals surface area contributed by atoms with Crippen LogP contribution in [0.4, 0.5) is 0 Å². The Labute approximate surface area is 100 Å². The molecule has 16 heavy (non-hydrogen) atoms. The largest absolute Gasteiger partial charge is 0.378 e. The standard InChI is InChI=1S/C14H27NO/c1-3-9-15-12-11-13(16-10-4-2)14(12)7-5-6-8-14/h12-13,15H,3-11H2,1-2H3. The van der Waals surface area contributed by atoms with E-state index in [2.05, 4.69) is 19.2 Å². The smallest absolute Gasteiger partial charge is 0.0661 e. The molecule has 0 bridgehead atoms. The Morgan fingerprint density at radius 1 is 1.19 bits per heavy atom. The summed E-state index contributed by atoms with van der Waals surface area (Å²) < 4.78 is 6.04. The van der Waals surface area contributed by atoms with E-state index >= 15 is 0 Å². The lowest BCUT2D eigenvalue weighted by Crippen LogP contribution is -2.62. The topological polar surface area (TPSA) is 21.3 Å². The molecular formula is C14H27NO. The molecule has 2 unspecified atom stereocenters. The lowest BCUT2D eigenvalue weighted by molar-refractivity contribution is -0.133. The van der Waals surface area contributed by atoms with Crippen molar-refractivity contribution in [2.24, 2.45) is 5.41 Å². The Bertz CT molecular complexity index is 195. The van der Waals surface area contributed by atoms with Crippen LogP contribution in [0, 0.1) is 5.41 Å². The van der Waals surface area contributed by atoms with Crippen molar-refractivity contribution < 1.29 is 4.74 Å². The van der Waals surface area contributed by atoms with Crippen LogP contribution in [0.5, 0.6) is 0 Å². The van der Waals surface area contributed by atoms with E-state index in [9.17, 15) is 0 Å². The highest BCUT2D eigenvalue weighted by atomic mass is 16.5. The molecule has 0 aliphatic heterocycles. The highest BCUT2D eigenvalue weighted by Crippen LogP contribution is 2.54. The molecule has 1 N–H and O–H groups in total. The molecule has 94 valence electrons. The van der Waals surface area contributed by atoms with Gasteiger partial charge < -0.3 is 10.1 Å². The van der Waals surface area contributed by atoms with Crippen molar-refractivity contribution in [2.45, 2.75) is 70.9 Å². The zero-order chi connectivity index (χ0) is 11.4. The minimum absolute atomic E-state index is 0.518. The molecule has 2 saturated carbocycles. The normalized spacial score (nSPS) is 31.9. The summed E-state index contributed by atoms with van der Waals surface area (Å²) in [5.41, 5.74) is 0.518. The number of rotatable bonds is 6. The molecule has 0 amide bonds. The second kappa shape index (κ2) is 5.50. The van der Waals surface area contributed by atoms with Gasteiger partial charge in [-0.1, -0.05) is 26.7 Å². The van der Waals surface area contributed by atoms with E-state index in [1.807, 2.05) is 0 Å². The highest BCUT2D eigenvalue weighted by molar-refractivity contribution is 5.09. The third-order valence-corrected chi connectivity index (χ3v) is 4.48. The van der Waals surface area contributed by atoms with E-state index in [0.717, 1.165) is 19.1 Å². The van der Waals surface area contributed by atoms with Crippen molar-refractivity contribution in [1.82, 2.24) is 5.32 Å². The maximum absolute atomic E-state index is 6.04. The third-order valence-electron chi connectivity index (χ3n) is 4.48. The first-order valence-electron chi connectivity index (χ1n) is 7.18. The molecule has 1 spiro atoms. The first-order chi connectivity index (χ1) is 7.83. The van der Waals surface area contributed by atoms with Gasteiger partial charge in [-0.05, 0) is 38.6 Å². The molecule has 2 nitrogen and oxygen atoms in total. The van der Waals surface area contributed by atoms with Crippen LogP contribution in [0.2, 0.25) is 0 Å². The summed E-state index contributed by atoms with van der Waals surface area (Å²) in [6, 6.07) is 0.747. The average molecular weight is 225 g/mol. The Balaban J connectivity index is 1.88. The predicted molar refractivity (Wildman–Crippen MR) is 67.6 cm³/mol. The van der Waals surface area contributed by atoms with Gasteiger partial charge in [-0.2, -0.15) is 0 Å². The molecule has 2 heteroatoms. The second-order valence-corrected chi connectivity index (χ2v) is 5.54. The van der Waals surface area contributed by atoms with Crippen LogP contribution >= 0.6 is 0 Å². The highest BCUT2D eigenvalue weighted by Gasteiger charge is 2.56. The van der Waals surface area contributed by atoms with Crippen LogP contribution in [-0.2, 0) is 4.74 Å². The molecule has 0 saturated heterocycles. The summed E-state index contributed by atoms with van der Waals surface area (Å²) in [6.45, 7) is 6.57. The van der Waals surface area contributed by atoms with Crippen molar-refractivity contribution in [2.75, 3.05) is 13.2 Å². The molecule has 2 aliphatic rings. The van der Waals surface area contributed by atoms with Gasteiger partial charge >= 0.3 is 0 Å². The van der Waals surface area contributed by atoms with Gasteiger partial charge in [0.05, 0.1) is 6.10 Å². The summed E-state index contributed by atoms with van der Waals surface area (Å²) in [4.78, 5) is 0. The summed E-state index contributed by atoms with van der Waals surface area (Å²) in [6.07, 6.45) is 9.81. The van der Waals surface area contributed by atoms with Gasteiger partial charge in [0.1, 0.15) is 0 Å². The minimum atomic E-state index is 0.518. The van der Waals surface area contributed by atoms with Crippen LogP contribution in [0.1, 0.15) is 58.8 Å². The maximum atomic E-state index is 6.04. The average Bonchev–Trinajstić information content (AvgIpc) is 2.79. The molecule has 0 heterocycles. The second-order valence-electron chi connectivity index (χ2n) is 5.54. The van der Waals surface area contributed by atoms with Crippen molar-refractivity contribution in [1.29, 1.82) is 0 Å². The molecular weight excluding hydrogens is 198 g/mol. The van der Waals surface area contributed by atoms with Crippen LogP contribution < -0.4 is 5.32 Å². The predicted octanol–water partition coefficient (Wildman–Crippen LogP) is 3.11. The lowest BCUT2D eigenvalue weighted by Gasteiger charge is -2.54. The molecule has 2 rings (SSSR count). The summed E-state index contributed by atoms with van der Waals surface area (Å²) in [5.74, 6) is 0. The zero-order valence-electron chi connectivity index (χ0n) is 10.9. The number of nitrogens with one attached hydrogen (secondary N) is 1. The van der Waals surface area contributed by atoms with E-state index in [0.29, 0.717) is 11.5 Å². The summed E-state index contributed by atoms with van der Waals surface area (Å²) in [5, 5.41) is 3.73. The van der Waals surface area contributed by atoms with Gasteiger partial charge in [-0.3, -0.25) is 0 Å². The summed E-state index contributed by atoms with van der Waals surface area (Å²) in [7, 11) is 0. The Morgan fingerprint density at radius 3 is 2.56 bits per heavy atom. The van der Waals surface area contributed by atoms with Crippen LogP contribution in [0.3, 0.4) is 0 Å². The van der Waals surface area contributed by atoms with E-state index in [1.165, 1.54) is 45.1 Å². The summed E-state index contributed by atoms with van der Waals surface area (Å²) >= 11 is 0. The first-order valence-corrected chi connectivity index (χ1v) is 7.18. The van der Waals surface area contributed by atoms with E-state index < -0.39 is 0 Å². The van der Waals surface area contributed by atoms with Crippen molar-refractivity contribution in [3.63, 3.8) is 0 Å². The fraction of sp³-hybridized carbons (Fsp3) is 1.00. The number of hydrogen-bond acceptors (Lipinski definition) is 2. The van der Waals surface area contributed by atoms with Crippen molar-refractivity contribution in [3.8, 4) is 0 Å². The Morgan fingerprint density at radius 2 is 1.94 bits per heavy atom. The maximum Gasteiger partial charge on any atom is 0.0661 e. The van der Waals surface area contributed by atoms with Crippen molar-refractivity contribution in [3.05, 3.63) is 0 Å². The first kappa shape index (κ1) is 12.4. The van der Waals surface area contributed by atoms with Gasteiger partial charge in [0.15, 0.2) is 0 Å². The fourth-order valence-corrected chi connectivity index (χ4v) is 3.55. The molecule has 0 aromatic rings. The van der Waals surface area contributed by atoms with Gasteiger partial charge in [0.25, 0.3) is 0 Å². The lowest BCUT2D eigenvalue weighted by atomic mass is 9.60. The van der Waals surface area contributed by atoms with Crippen LogP contribution in [-0.4, -0.2) is 25.3 Å². The van der Waals surface area contributed by atoms with Gasteiger partial charge in [0, 0.05) is 18.1 Å². The molecule has 0 aromatic heterocycles. The monoisotopic (exact) mass is 225 g/mol. The molecule has 2 atom stereocenters. The van der Waals surface area contributed by atoms with Crippen LogP contribution in [0.15, 0.2) is 0 Å². The van der Waals surface area contributed by atoms with E-state index in [4.69, 9.17) is 4.74 Å². The van der Waals surface area contributed by atoms with Gasteiger partial charge in [0.2, 0.25) is 0 Å². The zero-order valence-corrected chi connectivity index (χ0v) is 10.9. The quantitative estimate of drug-likeness (QED) is 0.750. The van der Waals surface area contributed by atoms with Crippen molar-refractivity contribution >= 4 is 0 Å². The fourth-order valence-electron chi connectivity index (χ4n) is 3.55. The molecule has 0 radical (unpaired) electrons. The van der Waals surface area contributed by atoms with Gasteiger partial charge in [-0.15, -0.1) is 0 Å². The molecule has 2 aliphatic carbocycles. The minimum Gasteiger partial charge on any atom is -0.378 e. The SMILES string of the molecule is CCCNC1CC(OCCC)C12CCCC2. The Hall–Kier alpha value is -0.0800.